The molecule has 230 valence electrons. The van der Waals surface area contributed by atoms with Crippen molar-refractivity contribution in [2.75, 3.05) is 12.3 Å². The molecule has 3 heterocycles. The second-order valence-corrected chi connectivity index (χ2v) is 11.5. The maximum absolute atomic E-state index is 12.9. The number of nitrogens with zero attached hydrogens (tertiary/aromatic N) is 3. The van der Waals surface area contributed by atoms with Gasteiger partial charge >= 0.3 is 12.1 Å². The number of aliphatic hydroxyl groups is 1. The Morgan fingerprint density at radius 1 is 1.09 bits per heavy atom. The maximum atomic E-state index is 12.9. The predicted molar refractivity (Wildman–Crippen MR) is 149 cm³/mol. The molecule has 2 aromatic carbocycles. The first kappa shape index (κ1) is 31.0. The van der Waals surface area contributed by atoms with Gasteiger partial charge in [0.25, 0.3) is 0 Å². The van der Waals surface area contributed by atoms with E-state index in [0.29, 0.717) is 22.2 Å². The number of likely N-dealkylation sites (tertiary alicyclic amines) is 1. The van der Waals surface area contributed by atoms with Gasteiger partial charge in [0.2, 0.25) is 5.91 Å². The normalized spacial score (nSPS) is 24.2. The lowest BCUT2D eigenvalue weighted by Gasteiger charge is -2.41. The molecule has 0 radical (unpaired) electrons. The van der Waals surface area contributed by atoms with Crippen molar-refractivity contribution in [2.45, 2.75) is 68.8 Å². The zero-order chi connectivity index (χ0) is 30.6. The van der Waals surface area contributed by atoms with Crippen molar-refractivity contribution in [1.29, 1.82) is 0 Å². The number of aromatic amines is 1. The summed E-state index contributed by atoms with van der Waals surface area (Å²) in [6.07, 6.45) is -4.25. The average Bonchev–Trinajstić information content (AvgIpc) is 3.72. The first-order chi connectivity index (χ1) is 20.6. The molecule has 5 atom stereocenters. The van der Waals surface area contributed by atoms with Gasteiger partial charge in [-0.25, -0.2) is 4.98 Å². The third-order valence-corrected chi connectivity index (χ3v) is 8.64. The fraction of sp³-hybridized carbons (Fsp3) is 0.448. The molecule has 1 aromatic heterocycles. The molecular weight excluding hydrogens is 587 g/mol. The third-order valence-electron chi connectivity index (χ3n) is 7.68. The van der Waals surface area contributed by atoms with Crippen molar-refractivity contribution < 1.29 is 37.3 Å². The Morgan fingerprint density at radius 3 is 2.44 bits per heavy atom. The van der Waals surface area contributed by atoms with Gasteiger partial charge < -0.3 is 24.8 Å². The van der Waals surface area contributed by atoms with Crippen molar-refractivity contribution in [3.8, 4) is 0 Å². The quantitative estimate of drug-likeness (QED) is 0.306. The van der Waals surface area contributed by atoms with Crippen LogP contribution < -0.4 is 5.32 Å². The van der Waals surface area contributed by atoms with Crippen LogP contribution in [-0.2, 0) is 32.2 Å². The van der Waals surface area contributed by atoms with Gasteiger partial charge in [-0.1, -0.05) is 67.2 Å². The standard InChI is InChI=1S/C29H32F3N5O5S/c1-17-23(15-43-28-34-16-35-36-28)41-26(42-24(17)20-8-6-19(14-38)7-9-20)21-10-4-18(5-11-21)13-33-25(39)22-3-2-12-37(22)27(40)29(30,31)32/h4-11,16-17,22-24,26,38H,2-3,12-15H2,1H3,(H,33,39)(H,34,35,36). The summed E-state index contributed by atoms with van der Waals surface area (Å²) in [6, 6.07) is 13.7. The fourth-order valence-corrected chi connectivity index (χ4v) is 6.22. The number of amides is 2. The van der Waals surface area contributed by atoms with Gasteiger partial charge in [0.15, 0.2) is 11.4 Å². The molecule has 0 saturated carbocycles. The molecule has 2 aliphatic rings. The highest BCUT2D eigenvalue weighted by Gasteiger charge is 2.47. The van der Waals surface area contributed by atoms with E-state index in [1.165, 1.54) is 18.1 Å². The van der Waals surface area contributed by atoms with Crippen molar-refractivity contribution >= 4 is 23.6 Å². The number of aromatic nitrogens is 3. The number of rotatable bonds is 9. The SMILES string of the molecule is CC1C(CSc2ncn[nH]2)OC(c2ccc(CNC(=O)C3CCCN3C(=O)C(F)(F)F)cc2)OC1c1ccc(CO)cc1. The average molecular weight is 620 g/mol. The van der Waals surface area contributed by atoms with E-state index in [9.17, 15) is 27.9 Å². The van der Waals surface area contributed by atoms with Crippen LogP contribution in [0, 0.1) is 5.92 Å². The molecule has 5 rings (SSSR count). The number of carbonyl (C=O) groups is 2. The Bertz CT molecular complexity index is 1370. The van der Waals surface area contributed by atoms with Gasteiger partial charge in [-0.2, -0.15) is 18.3 Å². The number of hydrogen-bond acceptors (Lipinski definition) is 8. The van der Waals surface area contributed by atoms with Crippen molar-refractivity contribution in [1.82, 2.24) is 25.4 Å². The molecule has 14 heteroatoms. The fourth-order valence-electron chi connectivity index (χ4n) is 5.28. The minimum absolute atomic E-state index is 0.0134. The highest BCUT2D eigenvalue weighted by atomic mass is 32.2. The molecule has 0 bridgehead atoms. The van der Waals surface area contributed by atoms with Crippen molar-refractivity contribution in [2.24, 2.45) is 5.92 Å². The van der Waals surface area contributed by atoms with Crippen molar-refractivity contribution in [3.05, 3.63) is 77.1 Å². The van der Waals surface area contributed by atoms with Crippen LogP contribution in [0.3, 0.4) is 0 Å². The van der Waals surface area contributed by atoms with E-state index < -0.39 is 30.3 Å². The second kappa shape index (κ2) is 13.5. The number of nitrogens with one attached hydrogen (secondary N) is 2. The maximum Gasteiger partial charge on any atom is 0.471 e. The summed E-state index contributed by atoms with van der Waals surface area (Å²) in [6.45, 7) is 1.99. The minimum Gasteiger partial charge on any atom is -0.392 e. The number of aliphatic hydroxyl groups excluding tert-OH is 1. The molecular formula is C29H32F3N5O5S. The van der Waals surface area contributed by atoms with Gasteiger partial charge in [0.1, 0.15) is 12.4 Å². The van der Waals surface area contributed by atoms with E-state index in [-0.39, 0.29) is 44.2 Å². The van der Waals surface area contributed by atoms with Crippen LogP contribution >= 0.6 is 11.8 Å². The summed E-state index contributed by atoms with van der Waals surface area (Å²) in [5, 5.41) is 19.5. The molecule has 5 unspecified atom stereocenters. The van der Waals surface area contributed by atoms with E-state index in [4.69, 9.17) is 9.47 Å². The largest absolute Gasteiger partial charge is 0.471 e. The van der Waals surface area contributed by atoms with E-state index >= 15 is 0 Å². The molecule has 0 spiro atoms. The lowest BCUT2D eigenvalue weighted by Crippen LogP contribution is -2.50. The summed E-state index contributed by atoms with van der Waals surface area (Å²) < 4.78 is 51.6. The summed E-state index contributed by atoms with van der Waals surface area (Å²) in [5.41, 5.74) is 3.23. The summed E-state index contributed by atoms with van der Waals surface area (Å²) >= 11 is 1.49. The number of H-pyrrole nitrogens is 1. The highest BCUT2D eigenvalue weighted by molar-refractivity contribution is 7.99. The molecule has 2 aliphatic heterocycles. The second-order valence-electron chi connectivity index (χ2n) is 10.5. The van der Waals surface area contributed by atoms with E-state index in [1.54, 1.807) is 12.1 Å². The summed E-state index contributed by atoms with van der Waals surface area (Å²) in [4.78, 5) is 29.1. The first-order valence-corrected chi connectivity index (χ1v) is 14.9. The Hall–Kier alpha value is -3.46. The third kappa shape index (κ3) is 7.37. The van der Waals surface area contributed by atoms with Gasteiger partial charge in [-0.15, -0.1) is 0 Å². The Kier molecular flexibility index (Phi) is 9.69. The highest BCUT2D eigenvalue weighted by Crippen LogP contribution is 2.42. The smallest absolute Gasteiger partial charge is 0.392 e. The van der Waals surface area contributed by atoms with Gasteiger partial charge in [-0.3, -0.25) is 14.7 Å². The molecule has 10 nitrogen and oxygen atoms in total. The molecule has 2 amide bonds. The number of ether oxygens (including phenoxy) is 2. The molecule has 3 N–H and O–H groups in total. The lowest BCUT2D eigenvalue weighted by atomic mass is 9.91. The van der Waals surface area contributed by atoms with Crippen LogP contribution in [0.5, 0.6) is 0 Å². The summed E-state index contributed by atoms with van der Waals surface area (Å²) in [5.74, 6) is -2.02. The van der Waals surface area contributed by atoms with Crippen LogP contribution in [0.25, 0.3) is 0 Å². The monoisotopic (exact) mass is 619 g/mol. The number of halogens is 3. The molecule has 43 heavy (non-hydrogen) atoms. The number of benzene rings is 2. The Labute approximate surface area is 250 Å². The number of thioether (sulfide) groups is 1. The Morgan fingerprint density at radius 2 is 1.79 bits per heavy atom. The van der Waals surface area contributed by atoms with Crippen LogP contribution in [-0.4, -0.2) is 67.6 Å². The van der Waals surface area contributed by atoms with E-state index in [0.717, 1.165) is 22.3 Å². The summed E-state index contributed by atoms with van der Waals surface area (Å²) in [7, 11) is 0. The molecule has 2 fully saturated rings. The zero-order valence-electron chi connectivity index (χ0n) is 23.3. The van der Waals surface area contributed by atoms with Crippen LogP contribution in [0.1, 0.15) is 54.4 Å². The number of carbonyl (C=O) groups excluding carboxylic acids is 2. The number of hydrogen-bond donors (Lipinski definition) is 3. The Balaban J connectivity index is 1.25. The van der Waals surface area contributed by atoms with Gasteiger partial charge in [0, 0.05) is 30.3 Å². The van der Waals surface area contributed by atoms with Gasteiger partial charge in [-0.05, 0) is 29.5 Å². The van der Waals surface area contributed by atoms with Gasteiger partial charge in [0.05, 0.1) is 18.8 Å². The van der Waals surface area contributed by atoms with Crippen molar-refractivity contribution in [3.63, 3.8) is 0 Å². The molecule has 3 aromatic rings. The molecule has 2 saturated heterocycles. The topological polar surface area (TPSA) is 130 Å². The first-order valence-electron chi connectivity index (χ1n) is 13.9. The van der Waals surface area contributed by atoms with E-state index in [1.807, 2.05) is 36.4 Å². The minimum atomic E-state index is -5.02. The van der Waals surface area contributed by atoms with Crippen LogP contribution in [0.4, 0.5) is 13.2 Å². The van der Waals surface area contributed by atoms with Crippen LogP contribution in [0.2, 0.25) is 0 Å². The zero-order valence-corrected chi connectivity index (χ0v) is 24.1. The van der Waals surface area contributed by atoms with Crippen LogP contribution in [0.15, 0.2) is 60.0 Å². The number of alkyl halides is 3. The predicted octanol–water partition coefficient (Wildman–Crippen LogP) is 4.05. The van der Waals surface area contributed by atoms with E-state index in [2.05, 4.69) is 27.4 Å². The lowest BCUT2D eigenvalue weighted by molar-refractivity contribution is -0.268. The molecule has 0 aliphatic carbocycles.